The van der Waals surface area contributed by atoms with Gasteiger partial charge in [0.2, 0.25) is 0 Å². The van der Waals surface area contributed by atoms with Gasteiger partial charge in [-0.15, -0.1) is 0 Å². The Hall–Kier alpha value is -4.49. The molecule has 3 rings (SSSR count). The molecule has 0 atom stereocenters. The van der Waals surface area contributed by atoms with Crippen LogP contribution in [0, 0.1) is 38.5 Å². The van der Waals surface area contributed by atoms with Gasteiger partial charge in [-0.1, -0.05) is 11.6 Å². The van der Waals surface area contributed by atoms with Crippen molar-refractivity contribution in [2.45, 2.75) is 6.92 Å². The number of nitriles is 1. The molecule has 160 valence electrons. The molecule has 10 nitrogen and oxygen atoms in total. The van der Waals surface area contributed by atoms with Gasteiger partial charge in [0.15, 0.2) is 0 Å². The summed E-state index contributed by atoms with van der Waals surface area (Å²) in [6, 6.07) is 12.7. The highest BCUT2D eigenvalue weighted by atomic mass is 35.5. The minimum atomic E-state index is -0.785. The summed E-state index contributed by atoms with van der Waals surface area (Å²) in [7, 11) is 0. The Morgan fingerprint density at radius 2 is 1.75 bits per heavy atom. The fourth-order valence-corrected chi connectivity index (χ4v) is 3.03. The van der Waals surface area contributed by atoms with Gasteiger partial charge in [-0.2, -0.15) is 5.26 Å². The van der Waals surface area contributed by atoms with Crippen LogP contribution in [0.15, 0.2) is 58.5 Å². The number of furan rings is 1. The van der Waals surface area contributed by atoms with E-state index in [-0.39, 0.29) is 33.4 Å². The molecular formula is C21H13ClN4O6. The van der Waals surface area contributed by atoms with Crippen LogP contribution in [0.4, 0.5) is 17.1 Å². The summed E-state index contributed by atoms with van der Waals surface area (Å²) >= 11 is 5.96. The van der Waals surface area contributed by atoms with E-state index in [9.17, 15) is 30.3 Å². The molecule has 0 fully saturated rings. The van der Waals surface area contributed by atoms with E-state index >= 15 is 0 Å². The summed E-state index contributed by atoms with van der Waals surface area (Å²) in [4.78, 5) is 33.0. The first kappa shape index (κ1) is 22.2. The zero-order valence-corrected chi connectivity index (χ0v) is 17.1. The van der Waals surface area contributed by atoms with Crippen LogP contribution in [0.5, 0.6) is 0 Å². The third-order valence-corrected chi connectivity index (χ3v) is 4.69. The van der Waals surface area contributed by atoms with Crippen molar-refractivity contribution in [2.75, 3.05) is 5.32 Å². The number of carbonyl (C=O) groups excluding carboxylic acids is 1. The molecular weight excluding hydrogens is 440 g/mol. The molecule has 0 aliphatic heterocycles. The van der Waals surface area contributed by atoms with Crippen LogP contribution in [-0.4, -0.2) is 15.8 Å². The number of non-ortho nitro benzene ring substituents is 2. The third-order valence-electron chi connectivity index (χ3n) is 4.38. The van der Waals surface area contributed by atoms with Crippen molar-refractivity contribution in [2.24, 2.45) is 0 Å². The summed E-state index contributed by atoms with van der Waals surface area (Å²) < 4.78 is 5.67. The predicted octanol–water partition coefficient (Wildman–Crippen LogP) is 5.27. The quantitative estimate of drug-likeness (QED) is 0.231. The zero-order chi connectivity index (χ0) is 23.4. The smallest absolute Gasteiger partial charge is 0.271 e. The van der Waals surface area contributed by atoms with Gasteiger partial charge in [0, 0.05) is 35.9 Å². The molecule has 0 aliphatic rings. The van der Waals surface area contributed by atoms with E-state index in [1.807, 2.05) is 0 Å². The highest BCUT2D eigenvalue weighted by molar-refractivity contribution is 6.34. The number of hydrogen-bond donors (Lipinski definition) is 1. The van der Waals surface area contributed by atoms with Crippen molar-refractivity contribution in [3.05, 3.63) is 90.7 Å². The standard InChI is InChI=1S/C21H13ClN4O6/c1-12-8-14(25(28)29)2-5-17(12)20-7-4-16(32-20)9-13(11-23)21(27)24-19-6-3-15(26(30)31)10-18(19)22/h2-10H,1H3,(H,24,27). The number of rotatable bonds is 6. The first-order chi connectivity index (χ1) is 15.2. The molecule has 0 saturated carbocycles. The lowest BCUT2D eigenvalue weighted by molar-refractivity contribution is -0.385. The Balaban J connectivity index is 1.82. The molecule has 0 radical (unpaired) electrons. The average molecular weight is 453 g/mol. The summed E-state index contributed by atoms with van der Waals surface area (Å²) in [5.74, 6) is -0.174. The van der Waals surface area contributed by atoms with E-state index in [0.29, 0.717) is 16.9 Å². The first-order valence-electron chi connectivity index (χ1n) is 8.92. The van der Waals surface area contributed by atoms with Crippen molar-refractivity contribution in [1.82, 2.24) is 0 Å². The molecule has 0 spiro atoms. The number of anilines is 1. The van der Waals surface area contributed by atoms with Gasteiger partial charge in [0.1, 0.15) is 23.2 Å². The second-order valence-electron chi connectivity index (χ2n) is 6.50. The maximum atomic E-state index is 12.5. The molecule has 32 heavy (non-hydrogen) atoms. The normalized spacial score (nSPS) is 11.0. The van der Waals surface area contributed by atoms with E-state index in [4.69, 9.17) is 16.0 Å². The molecule has 0 aliphatic carbocycles. The van der Waals surface area contributed by atoms with Crippen LogP contribution in [-0.2, 0) is 4.79 Å². The molecule has 1 N–H and O–H groups in total. The van der Waals surface area contributed by atoms with Crippen LogP contribution in [0.25, 0.3) is 17.4 Å². The topological polar surface area (TPSA) is 152 Å². The number of hydrogen-bond acceptors (Lipinski definition) is 7. The van der Waals surface area contributed by atoms with Gasteiger partial charge < -0.3 is 9.73 Å². The monoisotopic (exact) mass is 452 g/mol. The van der Waals surface area contributed by atoms with E-state index in [1.165, 1.54) is 30.3 Å². The Labute approximate surface area is 185 Å². The summed E-state index contributed by atoms with van der Waals surface area (Å²) in [6.45, 7) is 1.70. The summed E-state index contributed by atoms with van der Waals surface area (Å²) in [5, 5.41) is 33.4. The summed E-state index contributed by atoms with van der Waals surface area (Å²) in [5.41, 5.74) is 0.761. The minimum absolute atomic E-state index is 0.0498. The molecule has 2 aromatic carbocycles. The van der Waals surface area contributed by atoms with Gasteiger partial charge in [-0.3, -0.25) is 25.0 Å². The number of nitro groups is 2. The van der Waals surface area contributed by atoms with E-state index < -0.39 is 15.8 Å². The van der Waals surface area contributed by atoms with Crippen molar-refractivity contribution < 1.29 is 19.1 Å². The Morgan fingerprint density at radius 3 is 2.34 bits per heavy atom. The average Bonchev–Trinajstić information content (AvgIpc) is 3.21. The third kappa shape index (κ3) is 4.80. The molecule has 1 aromatic heterocycles. The highest BCUT2D eigenvalue weighted by Crippen LogP contribution is 2.30. The number of nitrogens with one attached hydrogen (secondary N) is 1. The maximum absolute atomic E-state index is 12.5. The van der Waals surface area contributed by atoms with E-state index in [1.54, 1.807) is 31.2 Å². The molecule has 11 heteroatoms. The van der Waals surface area contributed by atoms with Crippen LogP contribution in [0.1, 0.15) is 11.3 Å². The van der Waals surface area contributed by atoms with Crippen LogP contribution in [0.2, 0.25) is 5.02 Å². The zero-order valence-electron chi connectivity index (χ0n) is 16.4. The van der Waals surface area contributed by atoms with Gasteiger partial charge >= 0.3 is 0 Å². The number of halogens is 1. The number of benzene rings is 2. The van der Waals surface area contributed by atoms with Gasteiger partial charge in [-0.05, 0) is 36.8 Å². The van der Waals surface area contributed by atoms with E-state index in [0.717, 1.165) is 6.07 Å². The van der Waals surface area contributed by atoms with Crippen LogP contribution < -0.4 is 5.32 Å². The second kappa shape index (κ2) is 9.11. The Kier molecular flexibility index (Phi) is 6.32. The molecule has 0 unspecified atom stereocenters. The van der Waals surface area contributed by atoms with Gasteiger partial charge in [0.05, 0.1) is 20.6 Å². The lowest BCUT2D eigenvalue weighted by Crippen LogP contribution is -2.13. The SMILES string of the molecule is Cc1cc([N+](=O)[O-])ccc1-c1ccc(C=C(C#N)C(=O)Nc2ccc([N+](=O)[O-])cc2Cl)o1. The number of nitrogens with zero attached hydrogens (tertiary/aromatic N) is 3. The largest absolute Gasteiger partial charge is 0.457 e. The van der Waals surface area contributed by atoms with Crippen molar-refractivity contribution in [3.63, 3.8) is 0 Å². The lowest BCUT2D eigenvalue weighted by atomic mass is 10.1. The fourth-order valence-electron chi connectivity index (χ4n) is 2.81. The number of nitro benzene ring substituents is 2. The number of amides is 1. The Bertz CT molecular complexity index is 1320. The predicted molar refractivity (Wildman–Crippen MR) is 116 cm³/mol. The number of carbonyl (C=O) groups is 1. The molecule has 0 bridgehead atoms. The number of aryl methyl sites for hydroxylation is 1. The van der Waals surface area contributed by atoms with Crippen molar-refractivity contribution >= 4 is 40.6 Å². The molecule has 3 aromatic rings. The maximum Gasteiger partial charge on any atom is 0.271 e. The summed E-state index contributed by atoms with van der Waals surface area (Å²) in [6.07, 6.45) is 1.22. The molecule has 1 heterocycles. The first-order valence-corrected chi connectivity index (χ1v) is 9.29. The van der Waals surface area contributed by atoms with Gasteiger partial charge in [-0.25, -0.2) is 0 Å². The Morgan fingerprint density at radius 1 is 1.09 bits per heavy atom. The van der Waals surface area contributed by atoms with Crippen LogP contribution in [0.3, 0.4) is 0 Å². The van der Waals surface area contributed by atoms with Gasteiger partial charge in [0.25, 0.3) is 17.3 Å². The van der Waals surface area contributed by atoms with E-state index in [2.05, 4.69) is 5.32 Å². The van der Waals surface area contributed by atoms with Crippen molar-refractivity contribution in [1.29, 1.82) is 5.26 Å². The molecule has 1 amide bonds. The highest BCUT2D eigenvalue weighted by Gasteiger charge is 2.16. The van der Waals surface area contributed by atoms with Crippen molar-refractivity contribution in [3.8, 4) is 17.4 Å². The lowest BCUT2D eigenvalue weighted by Gasteiger charge is -2.06. The fraction of sp³-hybridized carbons (Fsp3) is 0.0476. The minimum Gasteiger partial charge on any atom is -0.457 e. The second-order valence-corrected chi connectivity index (χ2v) is 6.91. The molecule has 0 saturated heterocycles. The van der Waals surface area contributed by atoms with Crippen LogP contribution >= 0.6 is 11.6 Å².